The number of hydrogen-bond donors (Lipinski definition) is 3. The first kappa shape index (κ1) is 12.2. The number of aromatic hydroxyl groups is 1. The molecule has 0 spiro atoms. The zero-order chi connectivity index (χ0) is 13.3. The second kappa shape index (κ2) is 4.54. The van der Waals surface area contributed by atoms with Crippen molar-refractivity contribution >= 4 is 23.3 Å². The van der Waals surface area contributed by atoms with Gasteiger partial charge in [0.25, 0.3) is 0 Å². The minimum Gasteiger partial charge on any atom is -0.508 e. The molecule has 5 nitrogen and oxygen atoms in total. The van der Waals surface area contributed by atoms with Crippen molar-refractivity contribution in [3.05, 3.63) is 41.0 Å². The van der Waals surface area contributed by atoms with Gasteiger partial charge in [0.1, 0.15) is 5.75 Å². The normalized spacial score (nSPS) is 10.3. The number of nitrogens with two attached hydrogens (primary N) is 1. The molecule has 0 amide bonds. The number of aromatic nitrogens is 1. The average Bonchev–Trinajstić information content (AvgIpc) is 2.33. The molecule has 6 heteroatoms. The van der Waals surface area contributed by atoms with Gasteiger partial charge in [-0.05, 0) is 30.3 Å². The zero-order valence-corrected chi connectivity index (χ0v) is 9.85. The fourth-order valence-corrected chi connectivity index (χ4v) is 1.65. The van der Waals surface area contributed by atoms with E-state index in [0.29, 0.717) is 11.3 Å². The van der Waals surface area contributed by atoms with Gasteiger partial charge < -0.3 is 15.9 Å². The van der Waals surface area contributed by atoms with Gasteiger partial charge in [-0.3, -0.25) is 0 Å². The van der Waals surface area contributed by atoms with Crippen molar-refractivity contribution in [2.45, 2.75) is 0 Å². The summed E-state index contributed by atoms with van der Waals surface area (Å²) in [6.07, 6.45) is 0. The number of carbonyl (C=O) groups is 1. The minimum atomic E-state index is -1.24. The highest BCUT2D eigenvalue weighted by Gasteiger charge is 2.15. The number of carboxylic acid groups (broad SMARTS) is 1. The van der Waals surface area contributed by atoms with Gasteiger partial charge in [0.05, 0.1) is 16.4 Å². The first-order valence-corrected chi connectivity index (χ1v) is 5.35. The number of phenols is 1. The molecular weight excluding hydrogens is 256 g/mol. The van der Waals surface area contributed by atoms with E-state index in [4.69, 9.17) is 22.4 Å². The Morgan fingerprint density at radius 1 is 1.28 bits per heavy atom. The molecule has 2 rings (SSSR count). The van der Waals surface area contributed by atoms with Crippen LogP contribution in [0.5, 0.6) is 5.75 Å². The fourth-order valence-electron chi connectivity index (χ4n) is 1.47. The molecule has 0 unspecified atom stereocenters. The zero-order valence-electron chi connectivity index (χ0n) is 9.09. The first-order chi connectivity index (χ1) is 8.49. The third-order valence-electron chi connectivity index (χ3n) is 2.35. The number of aromatic carboxylic acids is 1. The summed E-state index contributed by atoms with van der Waals surface area (Å²) in [6.45, 7) is 0. The molecule has 0 fully saturated rings. The molecule has 0 atom stereocenters. The summed E-state index contributed by atoms with van der Waals surface area (Å²) in [6, 6.07) is 7.65. The van der Waals surface area contributed by atoms with E-state index in [0.717, 1.165) is 0 Å². The number of nitrogen functional groups attached to an aromatic ring is 1. The highest BCUT2D eigenvalue weighted by Crippen LogP contribution is 2.28. The Bertz CT molecular complexity index is 611. The minimum absolute atomic E-state index is 0.0787. The quantitative estimate of drug-likeness (QED) is 0.774. The maximum absolute atomic E-state index is 11.0. The lowest BCUT2D eigenvalue weighted by molar-refractivity contribution is 0.0691. The van der Waals surface area contributed by atoms with Crippen molar-refractivity contribution in [3.63, 3.8) is 0 Å². The number of nitrogens with zero attached hydrogens (tertiary/aromatic N) is 1. The lowest BCUT2D eigenvalue weighted by atomic mass is 10.1. The topological polar surface area (TPSA) is 96.4 Å². The van der Waals surface area contributed by atoms with Gasteiger partial charge in [0.15, 0.2) is 5.69 Å². The van der Waals surface area contributed by atoms with Crippen molar-refractivity contribution in [3.8, 4) is 17.0 Å². The van der Waals surface area contributed by atoms with Crippen molar-refractivity contribution in [1.29, 1.82) is 0 Å². The van der Waals surface area contributed by atoms with E-state index >= 15 is 0 Å². The maximum atomic E-state index is 11.0. The molecule has 0 aliphatic heterocycles. The summed E-state index contributed by atoms with van der Waals surface area (Å²) < 4.78 is 0. The third kappa shape index (κ3) is 2.21. The number of rotatable bonds is 2. The molecule has 0 aliphatic carbocycles. The van der Waals surface area contributed by atoms with Crippen LogP contribution < -0.4 is 5.73 Å². The number of benzene rings is 1. The van der Waals surface area contributed by atoms with Crippen LogP contribution in [0, 0.1) is 0 Å². The largest absolute Gasteiger partial charge is 0.508 e. The molecule has 0 bridgehead atoms. The van der Waals surface area contributed by atoms with Gasteiger partial charge in [-0.15, -0.1) is 0 Å². The second-order valence-electron chi connectivity index (χ2n) is 3.61. The Hall–Kier alpha value is -2.27. The van der Waals surface area contributed by atoms with Crippen LogP contribution in [0.2, 0.25) is 5.02 Å². The molecule has 0 saturated carbocycles. The van der Waals surface area contributed by atoms with Crippen LogP contribution in [-0.4, -0.2) is 21.2 Å². The van der Waals surface area contributed by atoms with Crippen LogP contribution in [0.15, 0.2) is 30.3 Å². The molecule has 1 aromatic heterocycles. The highest BCUT2D eigenvalue weighted by molar-refractivity contribution is 6.35. The van der Waals surface area contributed by atoms with E-state index in [-0.39, 0.29) is 22.2 Å². The van der Waals surface area contributed by atoms with Crippen molar-refractivity contribution in [1.82, 2.24) is 4.98 Å². The van der Waals surface area contributed by atoms with Gasteiger partial charge in [-0.25, -0.2) is 9.78 Å². The average molecular weight is 265 g/mol. The summed E-state index contributed by atoms with van der Waals surface area (Å²) in [7, 11) is 0. The predicted molar refractivity (Wildman–Crippen MR) is 67.7 cm³/mol. The Morgan fingerprint density at radius 2 is 1.89 bits per heavy atom. The van der Waals surface area contributed by atoms with E-state index in [2.05, 4.69) is 4.98 Å². The summed E-state index contributed by atoms with van der Waals surface area (Å²) in [5.41, 5.74) is 6.52. The van der Waals surface area contributed by atoms with Crippen LogP contribution in [0.1, 0.15) is 10.5 Å². The van der Waals surface area contributed by atoms with Crippen molar-refractivity contribution in [2.24, 2.45) is 0 Å². The van der Waals surface area contributed by atoms with E-state index in [1.165, 1.54) is 18.2 Å². The lowest BCUT2D eigenvalue weighted by Crippen LogP contribution is -2.05. The number of carboxylic acids is 1. The monoisotopic (exact) mass is 264 g/mol. The van der Waals surface area contributed by atoms with Crippen LogP contribution in [-0.2, 0) is 0 Å². The van der Waals surface area contributed by atoms with Gasteiger partial charge in [0.2, 0.25) is 0 Å². The van der Waals surface area contributed by atoms with E-state index in [9.17, 15) is 9.90 Å². The van der Waals surface area contributed by atoms with Gasteiger partial charge >= 0.3 is 5.97 Å². The van der Waals surface area contributed by atoms with Gasteiger partial charge in [-0.2, -0.15) is 0 Å². The van der Waals surface area contributed by atoms with Crippen LogP contribution in [0.3, 0.4) is 0 Å². The molecule has 18 heavy (non-hydrogen) atoms. The van der Waals surface area contributed by atoms with E-state index in [1.54, 1.807) is 12.1 Å². The van der Waals surface area contributed by atoms with Crippen molar-refractivity contribution < 1.29 is 15.0 Å². The Balaban J connectivity index is 2.59. The summed E-state index contributed by atoms with van der Waals surface area (Å²) >= 11 is 5.76. The number of hydrogen-bond acceptors (Lipinski definition) is 4. The van der Waals surface area contributed by atoms with Crippen molar-refractivity contribution in [2.75, 3.05) is 5.73 Å². The number of halogens is 1. The van der Waals surface area contributed by atoms with Crippen LogP contribution >= 0.6 is 11.6 Å². The summed E-state index contributed by atoms with van der Waals surface area (Å²) in [4.78, 5) is 14.9. The fraction of sp³-hybridized carbons (Fsp3) is 0. The van der Waals surface area contributed by atoms with E-state index in [1.807, 2.05) is 0 Å². The maximum Gasteiger partial charge on any atom is 0.356 e. The molecule has 4 N–H and O–H groups in total. The van der Waals surface area contributed by atoms with Gasteiger partial charge in [-0.1, -0.05) is 11.6 Å². The Labute approximate surface area is 107 Å². The third-order valence-corrected chi connectivity index (χ3v) is 2.75. The van der Waals surface area contributed by atoms with Crippen LogP contribution in [0.4, 0.5) is 5.69 Å². The smallest absolute Gasteiger partial charge is 0.356 e. The molecule has 0 radical (unpaired) electrons. The summed E-state index contributed by atoms with van der Waals surface area (Å²) in [5, 5.41) is 18.1. The molecule has 0 aliphatic rings. The number of anilines is 1. The summed E-state index contributed by atoms with van der Waals surface area (Å²) in [5.74, 6) is -1.13. The number of pyridine rings is 1. The molecular formula is C12H9ClN2O3. The Kier molecular flexibility index (Phi) is 3.08. The molecule has 0 saturated heterocycles. The predicted octanol–water partition coefficient (Wildman–Crippen LogP) is 2.39. The molecule has 92 valence electrons. The first-order valence-electron chi connectivity index (χ1n) is 4.97. The molecule has 2 aromatic rings. The molecule has 1 heterocycles. The standard InChI is InChI=1S/C12H9ClN2O3/c13-10-8(14)5-9(15-11(10)12(17)18)6-1-3-7(16)4-2-6/h1-5,16H,(H2,14,15)(H,17,18). The van der Waals surface area contributed by atoms with Gasteiger partial charge in [0, 0.05) is 5.56 Å². The molecule has 1 aromatic carbocycles. The highest BCUT2D eigenvalue weighted by atomic mass is 35.5. The second-order valence-corrected chi connectivity index (χ2v) is 3.99. The van der Waals surface area contributed by atoms with E-state index < -0.39 is 5.97 Å². The SMILES string of the molecule is Nc1cc(-c2ccc(O)cc2)nc(C(=O)O)c1Cl. The Morgan fingerprint density at radius 3 is 2.44 bits per heavy atom. The number of phenolic OH excluding ortho intramolecular Hbond substituents is 1. The van der Waals surface area contributed by atoms with Crippen LogP contribution in [0.25, 0.3) is 11.3 Å². The lowest BCUT2D eigenvalue weighted by Gasteiger charge is -2.07.